The minimum Gasteiger partial charge on any atom is -0.497 e. The third kappa shape index (κ3) is 11.4. The lowest BCUT2D eigenvalue weighted by molar-refractivity contribution is -0.147. The molecule has 2 aromatic rings. The molecular weight excluding hydrogens is 522 g/mol. The number of benzene rings is 2. The number of nitrogens with zero attached hydrogens (tertiary/aromatic N) is 1. The second kappa shape index (κ2) is 14.4. The lowest BCUT2D eigenvalue weighted by atomic mass is 10.1. The van der Waals surface area contributed by atoms with Crippen molar-refractivity contribution < 1.29 is 43.3 Å². The van der Waals surface area contributed by atoms with Gasteiger partial charge in [-0.05, 0) is 71.4 Å². The number of rotatable bonds is 10. The van der Waals surface area contributed by atoms with Crippen molar-refractivity contribution in [1.82, 2.24) is 15.9 Å². The largest absolute Gasteiger partial charge is 0.497 e. The molecule has 2 aromatic carbocycles. The summed E-state index contributed by atoms with van der Waals surface area (Å²) in [6.07, 6.45) is -3.83. The van der Waals surface area contributed by atoms with Gasteiger partial charge in [0.2, 0.25) is 0 Å². The highest BCUT2D eigenvalue weighted by atomic mass is 16.7. The zero-order valence-corrected chi connectivity index (χ0v) is 23.9. The van der Waals surface area contributed by atoms with E-state index >= 15 is 0 Å². The van der Waals surface area contributed by atoms with Crippen LogP contribution in [0, 0.1) is 0 Å². The smallest absolute Gasteiger partial charge is 0.430 e. The van der Waals surface area contributed by atoms with E-state index in [9.17, 15) is 19.5 Å². The summed E-state index contributed by atoms with van der Waals surface area (Å²) in [5.41, 5.74) is 3.30. The van der Waals surface area contributed by atoms with Crippen molar-refractivity contribution in [2.45, 2.75) is 71.5 Å². The number of hydrogen-bond donors (Lipinski definition) is 3. The van der Waals surface area contributed by atoms with Crippen LogP contribution >= 0.6 is 0 Å². The number of ether oxygens (including phenoxy) is 4. The first-order valence-electron chi connectivity index (χ1n) is 12.6. The number of amides is 3. The van der Waals surface area contributed by atoms with E-state index in [0.717, 1.165) is 5.56 Å². The number of hydrazine groups is 1. The Bertz CT molecular complexity index is 1100. The molecule has 220 valence electrons. The van der Waals surface area contributed by atoms with Crippen molar-refractivity contribution >= 4 is 18.1 Å². The van der Waals surface area contributed by atoms with Gasteiger partial charge in [0.25, 0.3) is 5.91 Å². The summed E-state index contributed by atoms with van der Waals surface area (Å²) in [4.78, 5) is 44.5. The highest BCUT2D eigenvalue weighted by Crippen LogP contribution is 2.19. The van der Waals surface area contributed by atoms with Crippen molar-refractivity contribution in [3.63, 3.8) is 0 Å². The molecule has 0 aromatic heterocycles. The van der Waals surface area contributed by atoms with Crippen LogP contribution in [0.4, 0.5) is 9.59 Å². The van der Waals surface area contributed by atoms with Crippen LogP contribution < -0.4 is 20.4 Å². The molecule has 0 spiro atoms. The summed E-state index contributed by atoms with van der Waals surface area (Å²) in [6, 6.07) is 13.8. The lowest BCUT2D eigenvalue weighted by Crippen LogP contribution is -2.63. The maximum absolute atomic E-state index is 13.3. The van der Waals surface area contributed by atoms with E-state index in [4.69, 9.17) is 23.8 Å². The Morgan fingerprint density at radius 2 is 1.45 bits per heavy atom. The van der Waals surface area contributed by atoms with Crippen molar-refractivity contribution in [1.29, 1.82) is 0 Å². The Kier molecular flexibility index (Phi) is 11.6. The normalized spacial score (nSPS) is 12.9. The summed E-state index contributed by atoms with van der Waals surface area (Å²) in [6.45, 7) is 9.27. The molecule has 0 saturated heterocycles. The van der Waals surface area contributed by atoms with E-state index < -0.39 is 48.0 Å². The minimum absolute atomic E-state index is 0.00365. The average Bonchev–Trinajstić information content (AvgIpc) is 2.86. The van der Waals surface area contributed by atoms with E-state index in [1.54, 1.807) is 90.1 Å². The van der Waals surface area contributed by atoms with Gasteiger partial charge in [-0.2, -0.15) is 0 Å². The fraction of sp³-hybridized carbons (Fsp3) is 0.464. The Hall–Kier alpha value is -4.03. The van der Waals surface area contributed by atoms with Gasteiger partial charge in [0, 0.05) is 0 Å². The summed E-state index contributed by atoms with van der Waals surface area (Å²) < 4.78 is 21.4. The van der Waals surface area contributed by atoms with Crippen LogP contribution in [-0.4, -0.2) is 65.3 Å². The zero-order valence-electron chi connectivity index (χ0n) is 23.9. The molecule has 0 saturated carbocycles. The molecule has 3 N–H and O–H groups in total. The van der Waals surface area contributed by atoms with E-state index in [1.165, 1.54) is 7.11 Å². The molecule has 0 radical (unpaired) electrons. The Balaban J connectivity index is 2.31. The molecule has 0 fully saturated rings. The van der Waals surface area contributed by atoms with Crippen LogP contribution in [-0.2, 0) is 25.7 Å². The monoisotopic (exact) mass is 561 g/mol. The predicted octanol–water partition coefficient (Wildman–Crippen LogP) is 3.73. The third-order valence-corrected chi connectivity index (χ3v) is 4.85. The predicted molar refractivity (Wildman–Crippen MR) is 145 cm³/mol. The lowest BCUT2D eigenvalue weighted by Gasteiger charge is -2.35. The molecule has 40 heavy (non-hydrogen) atoms. The number of hydroxylamine groups is 1. The number of carbonyl (C=O) groups excluding carboxylic acids is 3. The number of aliphatic hydroxyl groups excluding tert-OH is 1. The van der Waals surface area contributed by atoms with Crippen LogP contribution in [0.25, 0.3) is 0 Å². The number of nitrogens with one attached hydrogen (secondary N) is 2. The van der Waals surface area contributed by atoms with Gasteiger partial charge in [0.15, 0.2) is 6.04 Å². The van der Waals surface area contributed by atoms with Crippen LogP contribution in [0.3, 0.4) is 0 Å². The second-order valence-electron chi connectivity index (χ2n) is 10.7. The number of carbonyl (C=O) groups is 3. The highest BCUT2D eigenvalue weighted by Gasteiger charge is 2.41. The Morgan fingerprint density at radius 1 is 0.875 bits per heavy atom. The Labute approximate surface area is 234 Å². The molecule has 0 unspecified atom stereocenters. The number of hydrogen-bond acceptors (Lipinski definition) is 9. The van der Waals surface area contributed by atoms with Gasteiger partial charge in [-0.3, -0.25) is 9.63 Å². The minimum atomic E-state index is -1.75. The molecule has 0 heterocycles. The summed E-state index contributed by atoms with van der Waals surface area (Å²) in [7, 11) is 1.52. The SMILES string of the molecule is COc1ccc(OC[C@H](O)[C@@H](C(=O)NOCc2ccccc2)N(NC(=O)OC(C)(C)C)C(=O)OC(C)(C)C)cc1. The topological polar surface area (TPSA) is 145 Å². The summed E-state index contributed by atoms with van der Waals surface area (Å²) in [5, 5.41) is 11.7. The van der Waals surface area contributed by atoms with Gasteiger partial charge in [-0.15, -0.1) is 0 Å². The van der Waals surface area contributed by atoms with Gasteiger partial charge < -0.3 is 24.1 Å². The fourth-order valence-corrected chi connectivity index (χ4v) is 3.17. The maximum Gasteiger partial charge on any atom is 0.430 e. The van der Waals surface area contributed by atoms with Crippen LogP contribution in [0.1, 0.15) is 47.1 Å². The summed E-state index contributed by atoms with van der Waals surface area (Å²) in [5.74, 6) is 0.00492. The first-order chi connectivity index (χ1) is 18.7. The molecular formula is C28H39N3O9. The molecule has 0 bridgehead atoms. The maximum atomic E-state index is 13.3. The van der Waals surface area contributed by atoms with Gasteiger partial charge in [0.05, 0.1) is 13.7 Å². The molecule has 3 amide bonds. The van der Waals surface area contributed by atoms with E-state index in [-0.39, 0.29) is 6.61 Å². The molecule has 2 rings (SSSR count). The number of aliphatic hydroxyl groups is 1. The standard InChI is InChI=1S/C28H39N3O9/c1-27(2,3)39-25(34)29-31(26(35)40-28(4,5)6)23(24(33)30-38-17-19-11-9-8-10-12-19)22(32)18-37-21-15-13-20(36-7)14-16-21/h8-16,22-23,32H,17-18H2,1-7H3,(H,29,34)(H,30,33)/t22-,23-/m0/s1. The number of methoxy groups -OCH3 is 1. The molecule has 0 aliphatic rings. The average molecular weight is 562 g/mol. The van der Waals surface area contributed by atoms with Crippen LogP contribution in [0.5, 0.6) is 11.5 Å². The zero-order chi connectivity index (χ0) is 29.9. The third-order valence-electron chi connectivity index (χ3n) is 4.85. The van der Waals surface area contributed by atoms with E-state index in [2.05, 4.69) is 10.9 Å². The van der Waals surface area contributed by atoms with Crippen LogP contribution in [0.15, 0.2) is 54.6 Å². The van der Waals surface area contributed by atoms with Crippen molar-refractivity contribution in [2.24, 2.45) is 0 Å². The summed E-state index contributed by atoms with van der Waals surface area (Å²) >= 11 is 0. The van der Waals surface area contributed by atoms with Gasteiger partial charge in [-0.25, -0.2) is 25.5 Å². The fourth-order valence-electron chi connectivity index (χ4n) is 3.17. The second-order valence-corrected chi connectivity index (χ2v) is 10.7. The van der Waals surface area contributed by atoms with Gasteiger partial charge in [0.1, 0.15) is 35.4 Å². The first-order valence-corrected chi connectivity index (χ1v) is 12.6. The molecule has 12 nitrogen and oxygen atoms in total. The van der Waals surface area contributed by atoms with Crippen molar-refractivity contribution in [3.8, 4) is 11.5 Å². The molecule has 12 heteroatoms. The molecule has 0 aliphatic heterocycles. The Morgan fingerprint density at radius 3 is 2.00 bits per heavy atom. The van der Waals surface area contributed by atoms with Gasteiger partial charge >= 0.3 is 12.2 Å². The van der Waals surface area contributed by atoms with E-state index in [1.807, 2.05) is 6.07 Å². The van der Waals surface area contributed by atoms with Crippen molar-refractivity contribution in [3.05, 3.63) is 60.2 Å². The highest BCUT2D eigenvalue weighted by molar-refractivity contribution is 5.86. The molecule has 2 atom stereocenters. The first kappa shape index (κ1) is 32.2. The van der Waals surface area contributed by atoms with Crippen LogP contribution in [0.2, 0.25) is 0 Å². The van der Waals surface area contributed by atoms with Gasteiger partial charge in [-0.1, -0.05) is 30.3 Å². The van der Waals surface area contributed by atoms with Crippen molar-refractivity contribution in [2.75, 3.05) is 13.7 Å². The van der Waals surface area contributed by atoms with E-state index in [0.29, 0.717) is 16.5 Å². The molecule has 0 aliphatic carbocycles. The quantitative estimate of drug-likeness (QED) is 0.370.